The zero-order chi connectivity index (χ0) is 21.1. The number of carbonyl (C=O) groups excluding carboxylic acids is 2. The van der Waals surface area contributed by atoms with Gasteiger partial charge in [0.2, 0.25) is 0 Å². The molecule has 30 heavy (non-hydrogen) atoms. The van der Waals surface area contributed by atoms with E-state index in [1.807, 2.05) is 19.1 Å². The van der Waals surface area contributed by atoms with Gasteiger partial charge in [0, 0.05) is 29.4 Å². The van der Waals surface area contributed by atoms with Gasteiger partial charge in [-0.15, -0.1) is 0 Å². The number of cyclic esters (lactones) is 1. The lowest BCUT2D eigenvalue weighted by atomic mass is 9.89. The lowest BCUT2D eigenvalue weighted by Gasteiger charge is -2.21. The lowest BCUT2D eigenvalue weighted by molar-refractivity contribution is 0.0326. The van der Waals surface area contributed by atoms with Crippen molar-refractivity contribution in [2.75, 3.05) is 0 Å². The maximum Gasteiger partial charge on any atom is 0.339 e. The number of esters is 1. The van der Waals surface area contributed by atoms with E-state index < -0.39 is 6.10 Å². The van der Waals surface area contributed by atoms with E-state index in [9.17, 15) is 14.7 Å². The molecule has 7 heteroatoms. The molecule has 2 N–H and O–H groups in total. The monoisotopic (exact) mass is 401 g/mol. The minimum Gasteiger partial charge on any atom is -0.508 e. The molecular weight excluding hydrogens is 382 g/mol. The third kappa shape index (κ3) is 3.77. The molecule has 2 atom stereocenters. The molecule has 0 aliphatic carbocycles. The van der Waals surface area contributed by atoms with E-state index in [0.717, 1.165) is 5.56 Å². The summed E-state index contributed by atoms with van der Waals surface area (Å²) >= 11 is 0. The number of hydrogen-bond acceptors (Lipinski definition) is 6. The van der Waals surface area contributed by atoms with Crippen LogP contribution >= 0.6 is 0 Å². The van der Waals surface area contributed by atoms with Gasteiger partial charge in [-0.1, -0.05) is 25.1 Å². The molecular formula is C23H19N3O4. The Kier molecular flexibility index (Phi) is 5.26. The Bertz CT molecular complexity index is 1110. The van der Waals surface area contributed by atoms with Crippen LogP contribution < -0.4 is 5.43 Å². The van der Waals surface area contributed by atoms with Crippen molar-refractivity contribution < 1.29 is 19.4 Å². The molecule has 1 aliphatic heterocycles. The molecule has 0 unspecified atom stereocenters. The highest BCUT2D eigenvalue weighted by Gasteiger charge is 2.37. The number of hydrazone groups is 1. The van der Waals surface area contributed by atoms with E-state index in [-0.39, 0.29) is 23.5 Å². The maximum absolute atomic E-state index is 12.5. The van der Waals surface area contributed by atoms with Crippen LogP contribution in [0, 0.1) is 5.92 Å². The van der Waals surface area contributed by atoms with Crippen LogP contribution in [0.15, 0.2) is 78.2 Å². The van der Waals surface area contributed by atoms with Gasteiger partial charge in [0.05, 0.1) is 11.3 Å². The molecule has 7 nitrogen and oxygen atoms in total. The molecule has 1 aliphatic rings. The van der Waals surface area contributed by atoms with Gasteiger partial charge in [0.1, 0.15) is 11.9 Å². The lowest BCUT2D eigenvalue weighted by Crippen LogP contribution is -2.26. The molecule has 0 radical (unpaired) electrons. The molecule has 1 aromatic heterocycles. The van der Waals surface area contributed by atoms with E-state index in [1.165, 1.54) is 24.5 Å². The Labute approximate surface area is 173 Å². The van der Waals surface area contributed by atoms with Crippen molar-refractivity contribution in [2.24, 2.45) is 11.0 Å². The highest BCUT2D eigenvalue weighted by atomic mass is 16.5. The molecule has 2 heterocycles. The number of nitrogens with one attached hydrogen (secondary N) is 1. The molecule has 3 aromatic rings. The third-order valence-electron chi connectivity index (χ3n) is 4.99. The number of carbonyl (C=O) groups is 2. The van der Waals surface area contributed by atoms with Crippen molar-refractivity contribution in [3.8, 4) is 5.75 Å². The van der Waals surface area contributed by atoms with Gasteiger partial charge in [0.15, 0.2) is 0 Å². The van der Waals surface area contributed by atoms with Crippen molar-refractivity contribution in [1.82, 2.24) is 10.4 Å². The van der Waals surface area contributed by atoms with Crippen molar-refractivity contribution in [2.45, 2.75) is 13.0 Å². The fourth-order valence-electron chi connectivity index (χ4n) is 3.43. The van der Waals surface area contributed by atoms with E-state index in [1.54, 1.807) is 36.4 Å². The van der Waals surface area contributed by atoms with Crippen molar-refractivity contribution in [3.05, 3.63) is 95.3 Å². The minimum atomic E-state index is -0.543. The summed E-state index contributed by atoms with van der Waals surface area (Å²) in [6.07, 6.45) is 2.51. The molecule has 0 spiro atoms. The van der Waals surface area contributed by atoms with E-state index in [2.05, 4.69) is 15.5 Å². The summed E-state index contributed by atoms with van der Waals surface area (Å²) in [5, 5.41) is 14.0. The summed E-state index contributed by atoms with van der Waals surface area (Å²) in [6.45, 7) is 1.88. The Morgan fingerprint density at radius 3 is 2.50 bits per heavy atom. The summed E-state index contributed by atoms with van der Waals surface area (Å²) in [4.78, 5) is 28.6. The number of benzene rings is 2. The Hall–Kier alpha value is -4.00. The van der Waals surface area contributed by atoms with Gasteiger partial charge < -0.3 is 9.84 Å². The smallest absolute Gasteiger partial charge is 0.339 e. The molecule has 4 rings (SSSR count). The van der Waals surface area contributed by atoms with Crippen molar-refractivity contribution in [1.29, 1.82) is 0 Å². The molecule has 0 fully saturated rings. The maximum atomic E-state index is 12.5. The summed E-state index contributed by atoms with van der Waals surface area (Å²) in [7, 11) is 0. The fraction of sp³-hybridized carbons (Fsp3) is 0.130. The number of fused-ring (bicyclic) bond motifs is 1. The topological polar surface area (TPSA) is 101 Å². The zero-order valence-electron chi connectivity index (χ0n) is 16.1. The third-order valence-corrected chi connectivity index (χ3v) is 4.99. The molecule has 1 amide bonds. The Morgan fingerprint density at radius 1 is 1.07 bits per heavy atom. The summed E-state index contributed by atoms with van der Waals surface area (Å²) in [5.74, 6) is -1.01. The van der Waals surface area contributed by atoms with Crippen molar-refractivity contribution in [3.63, 3.8) is 0 Å². The van der Waals surface area contributed by atoms with Gasteiger partial charge >= 0.3 is 5.97 Å². The van der Waals surface area contributed by atoms with E-state index in [0.29, 0.717) is 22.4 Å². The number of phenols is 1. The highest BCUT2D eigenvalue weighted by Crippen LogP contribution is 2.37. The molecule has 150 valence electrons. The second-order valence-corrected chi connectivity index (χ2v) is 6.92. The molecule has 2 aromatic carbocycles. The van der Waals surface area contributed by atoms with Crippen LogP contribution in [0.2, 0.25) is 0 Å². The summed E-state index contributed by atoms with van der Waals surface area (Å²) in [6, 6.07) is 16.9. The number of aromatic hydroxyl groups is 1. The molecule has 0 bridgehead atoms. The van der Waals surface area contributed by atoms with Gasteiger partial charge in [-0.2, -0.15) is 5.10 Å². The summed E-state index contributed by atoms with van der Waals surface area (Å²) < 4.78 is 5.62. The van der Waals surface area contributed by atoms with Crippen LogP contribution in [-0.4, -0.2) is 27.7 Å². The normalized spacial score (nSPS) is 16.5. The van der Waals surface area contributed by atoms with Crippen LogP contribution in [0.3, 0.4) is 0 Å². The fourth-order valence-corrected chi connectivity index (χ4v) is 3.43. The second kappa shape index (κ2) is 8.16. The first-order chi connectivity index (χ1) is 14.5. The van der Waals surface area contributed by atoms with Gasteiger partial charge in [-0.25, -0.2) is 10.2 Å². The van der Waals surface area contributed by atoms with Gasteiger partial charge in [-0.05, 0) is 48.0 Å². The number of phenolic OH excluding ortho intramolecular Hbond substituents is 1. The Balaban J connectivity index is 1.68. The van der Waals surface area contributed by atoms with Crippen LogP contribution in [0.5, 0.6) is 5.75 Å². The number of pyridine rings is 1. The van der Waals surface area contributed by atoms with E-state index in [4.69, 9.17) is 4.74 Å². The van der Waals surface area contributed by atoms with Crippen LogP contribution in [0.25, 0.3) is 0 Å². The molecule has 0 saturated carbocycles. The Morgan fingerprint density at radius 2 is 1.77 bits per heavy atom. The van der Waals surface area contributed by atoms with Crippen LogP contribution in [0.1, 0.15) is 44.9 Å². The SMILES string of the molecule is C[C@H](/C(=N\NC(=O)c1ccncc1)c1ccc(O)cc1)[C@H]1OC(=O)c2ccccc21. The standard InChI is InChI=1S/C23H19N3O4/c1-14(21-18-4-2-3-5-19(18)23(29)30-21)20(15-6-8-17(27)9-7-15)25-26-22(28)16-10-12-24-13-11-16/h2-14,21,27H,1H3,(H,26,28)/b25-20+/t14-,21-/m1/s1. The van der Waals surface area contributed by atoms with Gasteiger partial charge in [-0.3, -0.25) is 9.78 Å². The first-order valence-corrected chi connectivity index (χ1v) is 9.42. The number of rotatable bonds is 5. The quantitative estimate of drug-likeness (QED) is 0.387. The number of aromatic nitrogens is 1. The largest absolute Gasteiger partial charge is 0.508 e. The van der Waals surface area contributed by atoms with Crippen LogP contribution in [-0.2, 0) is 4.74 Å². The van der Waals surface area contributed by atoms with Gasteiger partial charge in [0.25, 0.3) is 5.91 Å². The number of nitrogens with zero attached hydrogens (tertiary/aromatic N) is 2. The number of hydrogen-bond donors (Lipinski definition) is 2. The number of ether oxygens (including phenoxy) is 1. The van der Waals surface area contributed by atoms with Crippen LogP contribution in [0.4, 0.5) is 0 Å². The first kappa shape index (κ1) is 19.3. The first-order valence-electron chi connectivity index (χ1n) is 9.42. The molecule has 0 saturated heterocycles. The zero-order valence-corrected chi connectivity index (χ0v) is 16.1. The predicted molar refractivity (Wildman–Crippen MR) is 110 cm³/mol. The minimum absolute atomic E-state index is 0.115. The average molecular weight is 401 g/mol. The predicted octanol–water partition coefficient (Wildman–Crippen LogP) is 3.47. The average Bonchev–Trinajstić information content (AvgIpc) is 3.12. The second-order valence-electron chi connectivity index (χ2n) is 6.92. The highest BCUT2D eigenvalue weighted by molar-refractivity contribution is 6.05. The number of amides is 1. The van der Waals surface area contributed by atoms with Crippen molar-refractivity contribution >= 4 is 17.6 Å². The van der Waals surface area contributed by atoms with E-state index >= 15 is 0 Å². The summed E-state index contributed by atoms with van der Waals surface area (Å²) in [5.41, 5.74) is 5.51.